The summed E-state index contributed by atoms with van der Waals surface area (Å²) >= 11 is 5.62. The number of aliphatic hydroxyl groups excluding tert-OH is 1. The van der Waals surface area contributed by atoms with E-state index in [2.05, 4.69) is 0 Å². The van der Waals surface area contributed by atoms with Crippen LogP contribution in [0.3, 0.4) is 0 Å². The molecule has 1 atom stereocenters. The molecule has 2 aromatic rings. The van der Waals surface area contributed by atoms with Gasteiger partial charge in [0.2, 0.25) is 0 Å². The second-order valence-electron chi connectivity index (χ2n) is 4.50. The zero-order valence-electron chi connectivity index (χ0n) is 10.4. The number of hydrogen-bond donors (Lipinski definition) is 1. The van der Waals surface area contributed by atoms with Crippen molar-refractivity contribution >= 4 is 11.6 Å². The first-order chi connectivity index (χ1) is 9.47. The van der Waals surface area contributed by atoms with Crippen LogP contribution >= 0.6 is 11.6 Å². The van der Waals surface area contributed by atoms with Gasteiger partial charge in [-0.2, -0.15) is 0 Å². The van der Waals surface area contributed by atoms with Crippen LogP contribution in [0.4, 0.5) is 13.2 Å². The van der Waals surface area contributed by atoms with E-state index < -0.39 is 23.6 Å². The highest BCUT2D eigenvalue weighted by atomic mass is 35.5. The van der Waals surface area contributed by atoms with Crippen molar-refractivity contribution in [3.05, 3.63) is 70.0 Å². The molecule has 0 bridgehead atoms. The molecule has 0 amide bonds. The first kappa shape index (κ1) is 14.9. The number of hydrogen-bond acceptors (Lipinski definition) is 1. The van der Waals surface area contributed by atoms with E-state index in [0.717, 1.165) is 18.2 Å². The van der Waals surface area contributed by atoms with E-state index in [1.165, 1.54) is 18.2 Å². The lowest BCUT2D eigenvalue weighted by Gasteiger charge is -2.12. The van der Waals surface area contributed by atoms with Gasteiger partial charge < -0.3 is 5.11 Å². The van der Waals surface area contributed by atoms with Gasteiger partial charge in [0, 0.05) is 23.4 Å². The molecule has 0 heterocycles. The zero-order chi connectivity index (χ0) is 14.7. The summed E-state index contributed by atoms with van der Waals surface area (Å²) in [6.07, 6.45) is -1.35. The summed E-state index contributed by atoms with van der Waals surface area (Å²) in [5, 5.41) is 10.1. The van der Waals surface area contributed by atoms with Crippen LogP contribution in [0.5, 0.6) is 0 Å². The predicted molar refractivity (Wildman–Crippen MR) is 71.2 cm³/mol. The van der Waals surface area contributed by atoms with Crippen LogP contribution in [-0.2, 0) is 12.8 Å². The third kappa shape index (κ3) is 3.52. The second kappa shape index (κ2) is 6.29. The predicted octanol–water partition coefficient (Wildman–Crippen LogP) is 3.90. The average molecular weight is 301 g/mol. The summed E-state index contributed by atoms with van der Waals surface area (Å²) in [6.45, 7) is 0. The smallest absolute Gasteiger partial charge is 0.129 e. The first-order valence-corrected chi connectivity index (χ1v) is 6.40. The maximum absolute atomic E-state index is 13.6. The summed E-state index contributed by atoms with van der Waals surface area (Å²) in [4.78, 5) is 0. The Kier molecular flexibility index (Phi) is 4.68. The van der Waals surface area contributed by atoms with Crippen LogP contribution in [0.2, 0.25) is 5.02 Å². The summed E-state index contributed by atoms with van der Waals surface area (Å²) in [5.41, 5.74) is 0.0491. The van der Waals surface area contributed by atoms with Crippen LogP contribution in [0.15, 0.2) is 36.4 Å². The van der Waals surface area contributed by atoms with Crippen molar-refractivity contribution < 1.29 is 18.3 Å². The average Bonchev–Trinajstić information content (AvgIpc) is 2.37. The van der Waals surface area contributed by atoms with Crippen LogP contribution in [0, 0.1) is 17.5 Å². The maximum Gasteiger partial charge on any atom is 0.129 e. The van der Waals surface area contributed by atoms with Crippen molar-refractivity contribution in [2.45, 2.75) is 18.9 Å². The van der Waals surface area contributed by atoms with Crippen molar-refractivity contribution in [2.75, 3.05) is 0 Å². The monoisotopic (exact) mass is 300 g/mol. The molecule has 0 fully saturated rings. The van der Waals surface area contributed by atoms with E-state index in [1.54, 1.807) is 0 Å². The Balaban J connectivity index is 2.11. The van der Waals surface area contributed by atoms with Gasteiger partial charge in [-0.05, 0) is 29.8 Å². The fourth-order valence-corrected chi connectivity index (χ4v) is 2.13. The van der Waals surface area contributed by atoms with E-state index in [-0.39, 0.29) is 29.0 Å². The van der Waals surface area contributed by atoms with Gasteiger partial charge in [-0.1, -0.05) is 23.7 Å². The minimum atomic E-state index is -1.09. The largest absolute Gasteiger partial charge is 0.392 e. The molecule has 1 N–H and O–H groups in total. The standard InChI is InChI=1S/C15H12ClF3O/c16-10-5-4-9(15(19)7-10)6-11(20)8-12-13(17)2-1-3-14(12)18/h1-5,7,11,20H,6,8H2. The number of aliphatic hydroxyl groups is 1. The molecule has 0 aliphatic carbocycles. The zero-order valence-corrected chi connectivity index (χ0v) is 11.2. The Bertz CT molecular complexity index is 596. The fourth-order valence-electron chi connectivity index (χ4n) is 1.98. The minimum absolute atomic E-state index is 0.0449. The van der Waals surface area contributed by atoms with Crippen LogP contribution in [0.1, 0.15) is 11.1 Å². The molecule has 20 heavy (non-hydrogen) atoms. The van der Waals surface area contributed by atoms with Crippen molar-refractivity contribution in [1.82, 2.24) is 0 Å². The molecule has 0 saturated heterocycles. The van der Waals surface area contributed by atoms with Gasteiger partial charge in [0.25, 0.3) is 0 Å². The molecule has 5 heteroatoms. The lowest BCUT2D eigenvalue weighted by atomic mass is 10.0. The Labute approximate surface area is 119 Å². The van der Waals surface area contributed by atoms with Crippen molar-refractivity contribution in [3.63, 3.8) is 0 Å². The van der Waals surface area contributed by atoms with Gasteiger partial charge in [0.15, 0.2) is 0 Å². The SMILES string of the molecule is OC(Cc1ccc(Cl)cc1F)Cc1c(F)cccc1F. The van der Waals surface area contributed by atoms with Crippen LogP contribution < -0.4 is 0 Å². The fraction of sp³-hybridized carbons (Fsp3) is 0.200. The Hall–Kier alpha value is -1.52. The molecular formula is C15H12ClF3O. The van der Waals surface area contributed by atoms with E-state index >= 15 is 0 Å². The van der Waals surface area contributed by atoms with Crippen LogP contribution in [-0.4, -0.2) is 11.2 Å². The van der Waals surface area contributed by atoms with Gasteiger partial charge in [-0.15, -0.1) is 0 Å². The molecule has 2 aromatic carbocycles. The Morgan fingerprint density at radius 3 is 2.20 bits per heavy atom. The number of halogens is 4. The molecule has 1 unspecified atom stereocenters. The normalized spacial score (nSPS) is 12.4. The third-order valence-electron chi connectivity index (χ3n) is 2.97. The van der Waals surface area contributed by atoms with Crippen LogP contribution in [0.25, 0.3) is 0 Å². The molecule has 0 spiro atoms. The van der Waals surface area contributed by atoms with E-state index in [9.17, 15) is 18.3 Å². The van der Waals surface area contributed by atoms with Gasteiger partial charge >= 0.3 is 0 Å². The Morgan fingerprint density at radius 1 is 0.950 bits per heavy atom. The summed E-state index contributed by atoms with van der Waals surface area (Å²) in [7, 11) is 0. The molecule has 106 valence electrons. The highest BCUT2D eigenvalue weighted by Gasteiger charge is 2.15. The molecule has 0 aliphatic heterocycles. The molecule has 1 nitrogen and oxygen atoms in total. The topological polar surface area (TPSA) is 20.2 Å². The van der Waals surface area contributed by atoms with Crippen molar-refractivity contribution in [2.24, 2.45) is 0 Å². The summed E-state index contributed by atoms with van der Waals surface area (Å²) < 4.78 is 40.4. The molecule has 2 rings (SSSR count). The summed E-state index contributed by atoms with van der Waals surface area (Å²) in [5.74, 6) is -1.99. The lowest BCUT2D eigenvalue weighted by Crippen LogP contribution is -2.16. The third-order valence-corrected chi connectivity index (χ3v) is 3.21. The maximum atomic E-state index is 13.6. The minimum Gasteiger partial charge on any atom is -0.392 e. The Morgan fingerprint density at radius 2 is 1.60 bits per heavy atom. The van der Waals surface area contributed by atoms with Gasteiger partial charge in [0.1, 0.15) is 17.5 Å². The van der Waals surface area contributed by atoms with E-state index in [1.807, 2.05) is 0 Å². The molecule has 0 saturated carbocycles. The van der Waals surface area contributed by atoms with Crippen molar-refractivity contribution in [3.8, 4) is 0 Å². The van der Waals surface area contributed by atoms with Gasteiger partial charge in [-0.3, -0.25) is 0 Å². The molecule has 0 aromatic heterocycles. The van der Waals surface area contributed by atoms with E-state index in [4.69, 9.17) is 11.6 Å². The second-order valence-corrected chi connectivity index (χ2v) is 4.93. The van der Waals surface area contributed by atoms with Gasteiger partial charge in [0.05, 0.1) is 6.10 Å². The molecular weight excluding hydrogens is 289 g/mol. The van der Waals surface area contributed by atoms with Crippen molar-refractivity contribution in [1.29, 1.82) is 0 Å². The van der Waals surface area contributed by atoms with Gasteiger partial charge in [-0.25, -0.2) is 13.2 Å². The number of rotatable bonds is 4. The quantitative estimate of drug-likeness (QED) is 0.908. The highest BCUT2D eigenvalue weighted by molar-refractivity contribution is 6.30. The molecule has 0 radical (unpaired) electrons. The summed E-state index contributed by atoms with van der Waals surface area (Å²) in [6, 6.07) is 7.56. The first-order valence-electron chi connectivity index (χ1n) is 6.02. The highest BCUT2D eigenvalue weighted by Crippen LogP contribution is 2.19. The number of benzene rings is 2. The van der Waals surface area contributed by atoms with E-state index in [0.29, 0.717) is 0 Å². The molecule has 0 aliphatic rings. The lowest BCUT2D eigenvalue weighted by molar-refractivity contribution is 0.171.